The van der Waals surface area contributed by atoms with Crippen LogP contribution in [0.5, 0.6) is 0 Å². The van der Waals surface area contributed by atoms with Gasteiger partial charge in [-0.25, -0.2) is 4.68 Å². The molecule has 18 heteroatoms. The lowest BCUT2D eigenvalue weighted by atomic mass is 10.2. The highest BCUT2D eigenvalue weighted by Gasteiger charge is 2.48. The molecule has 3 fully saturated rings. The van der Waals surface area contributed by atoms with Gasteiger partial charge in [-0.1, -0.05) is 0 Å². The van der Waals surface area contributed by atoms with E-state index in [1.54, 1.807) is 6.21 Å². The molecule has 6 rings (SSSR count). The van der Waals surface area contributed by atoms with E-state index in [1.807, 2.05) is 0 Å². The van der Waals surface area contributed by atoms with Crippen LogP contribution in [0.2, 0.25) is 0 Å². The predicted molar refractivity (Wildman–Crippen MR) is 133 cm³/mol. The molecule has 3 heterocycles. The third-order valence-electron chi connectivity index (χ3n) is 5.42. The van der Waals surface area contributed by atoms with Crippen molar-refractivity contribution < 1.29 is 14.4 Å². The van der Waals surface area contributed by atoms with Gasteiger partial charge in [0, 0.05) is 0 Å². The SMILES string of the molecule is C1=NN=NC1.O=C(CCl)C1(Cl)CC1.O=C(Cn1cnnn1)C1(Cl)CC1.O=C(Cn1ncnn1)C1(Cl)CC1. The highest BCUT2D eigenvalue weighted by atomic mass is 35.5. The van der Waals surface area contributed by atoms with Gasteiger partial charge < -0.3 is 0 Å². The summed E-state index contributed by atoms with van der Waals surface area (Å²) in [6.07, 6.45) is 9.04. The minimum absolute atomic E-state index is 0.00327. The number of halogens is 4. The molecule has 3 aliphatic carbocycles. The summed E-state index contributed by atoms with van der Waals surface area (Å²) in [6.45, 7) is 0.972. The zero-order chi connectivity index (χ0) is 26.9. The van der Waals surface area contributed by atoms with Gasteiger partial charge in [-0.3, -0.25) is 14.4 Å². The van der Waals surface area contributed by atoms with Crippen LogP contribution in [0, 0.1) is 0 Å². The molecule has 3 saturated carbocycles. The number of tetrazole rings is 2. The lowest BCUT2D eigenvalue weighted by Gasteiger charge is -2.02. The first-order valence-electron chi connectivity index (χ1n) is 11.1. The second-order valence-corrected chi connectivity index (χ2v) is 10.9. The Morgan fingerprint density at radius 3 is 1.76 bits per heavy atom. The van der Waals surface area contributed by atoms with Crippen molar-refractivity contribution in [2.45, 2.75) is 66.2 Å². The largest absolute Gasteiger partial charge is 0.296 e. The van der Waals surface area contributed by atoms with E-state index in [4.69, 9.17) is 46.4 Å². The molecule has 0 atom stereocenters. The van der Waals surface area contributed by atoms with Crippen LogP contribution in [0.1, 0.15) is 38.5 Å². The summed E-state index contributed by atoms with van der Waals surface area (Å²) in [7, 11) is 0. The Bertz CT molecular complexity index is 1040. The first kappa shape index (κ1) is 29.1. The minimum atomic E-state index is -0.617. The van der Waals surface area contributed by atoms with Crippen molar-refractivity contribution >= 4 is 70.0 Å². The van der Waals surface area contributed by atoms with Gasteiger partial charge in [0.25, 0.3) is 0 Å². The Balaban J connectivity index is 0.000000144. The average molecular weight is 595 g/mol. The number of rotatable bonds is 8. The molecule has 0 N–H and O–H groups in total. The van der Waals surface area contributed by atoms with Crippen LogP contribution < -0.4 is 0 Å². The van der Waals surface area contributed by atoms with Crippen LogP contribution in [-0.4, -0.2) is 91.0 Å². The molecule has 1 aliphatic heterocycles. The van der Waals surface area contributed by atoms with Gasteiger partial charge in [0.1, 0.15) is 34.0 Å². The third kappa shape index (κ3) is 9.43. The predicted octanol–water partition coefficient (Wildman–Crippen LogP) is 2.03. The van der Waals surface area contributed by atoms with Gasteiger partial charge in [0.05, 0.1) is 18.6 Å². The van der Waals surface area contributed by atoms with E-state index in [2.05, 4.69) is 46.4 Å². The number of ketones is 3. The zero-order valence-corrected chi connectivity index (χ0v) is 22.5. The lowest BCUT2D eigenvalue weighted by Crippen LogP contribution is -2.23. The maximum atomic E-state index is 11.3. The van der Waals surface area contributed by atoms with Gasteiger partial charge in [-0.15, -0.1) is 66.8 Å². The van der Waals surface area contributed by atoms with Crippen LogP contribution >= 0.6 is 46.4 Å². The monoisotopic (exact) mass is 593 g/mol. The average Bonchev–Trinajstić information content (AvgIpc) is 3.75. The molecular formula is C19H23Cl4N11O3. The second kappa shape index (κ2) is 12.9. The molecule has 0 unspecified atom stereocenters. The van der Waals surface area contributed by atoms with Crippen LogP contribution in [0.4, 0.5) is 0 Å². The van der Waals surface area contributed by atoms with Crippen molar-refractivity contribution in [1.82, 2.24) is 40.4 Å². The van der Waals surface area contributed by atoms with E-state index < -0.39 is 14.6 Å². The van der Waals surface area contributed by atoms with Crippen LogP contribution in [0.25, 0.3) is 0 Å². The molecule has 0 spiro atoms. The van der Waals surface area contributed by atoms with E-state index >= 15 is 0 Å². The number of Topliss-reactive ketones (excluding diaryl/α,β-unsaturated/α-hetero) is 3. The smallest absolute Gasteiger partial charge is 0.177 e. The molecule has 200 valence electrons. The highest BCUT2D eigenvalue weighted by Crippen LogP contribution is 2.44. The molecule has 0 amide bonds. The summed E-state index contributed by atoms with van der Waals surface area (Å²) < 4.78 is 1.38. The molecule has 0 aromatic carbocycles. The summed E-state index contributed by atoms with van der Waals surface area (Å²) in [5.41, 5.74) is 0. The van der Waals surface area contributed by atoms with Crippen LogP contribution in [0.15, 0.2) is 28.1 Å². The molecule has 0 saturated heterocycles. The van der Waals surface area contributed by atoms with E-state index in [0.29, 0.717) is 6.54 Å². The molecule has 0 bridgehead atoms. The molecule has 4 aliphatic rings. The van der Waals surface area contributed by atoms with E-state index in [-0.39, 0.29) is 36.3 Å². The van der Waals surface area contributed by atoms with Crippen molar-refractivity contribution in [2.24, 2.45) is 15.4 Å². The molecule has 2 aromatic heterocycles. The maximum absolute atomic E-state index is 11.3. The normalized spacial score (nSPS) is 19.7. The summed E-state index contributed by atoms with van der Waals surface area (Å²) in [4.78, 5) is 32.8. The maximum Gasteiger partial charge on any atom is 0.177 e. The van der Waals surface area contributed by atoms with Gasteiger partial charge in [0.15, 0.2) is 23.7 Å². The summed E-state index contributed by atoms with van der Waals surface area (Å²) in [5, 5.41) is 31.4. The zero-order valence-electron chi connectivity index (χ0n) is 19.5. The van der Waals surface area contributed by atoms with Gasteiger partial charge in [0.2, 0.25) is 0 Å². The Morgan fingerprint density at radius 2 is 1.41 bits per heavy atom. The number of hydrogen-bond donors (Lipinski definition) is 0. The Labute approximate surface area is 231 Å². The second-order valence-electron chi connectivity index (χ2n) is 8.48. The number of carbonyl (C=O) groups is 3. The van der Waals surface area contributed by atoms with Crippen molar-refractivity contribution in [3.63, 3.8) is 0 Å². The molecule has 2 aromatic rings. The highest BCUT2D eigenvalue weighted by molar-refractivity contribution is 6.42. The van der Waals surface area contributed by atoms with Crippen LogP contribution in [-0.2, 0) is 27.5 Å². The summed E-state index contributed by atoms with van der Waals surface area (Å²) in [5.74, 6) is 0.00298. The van der Waals surface area contributed by atoms with E-state index in [9.17, 15) is 14.4 Å². The van der Waals surface area contributed by atoms with Crippen molar-refractivity contribution in [3.05, 3.63) is 12.7 Å². The molecule has 37 heavy (non-hydrogen) atoms. The van der Waals surface area contributed by atoms with Crippen molar-refractivity contribution in [2.75, 3.05) is 12.4 Å². The number of carbonyl (C=O) groups excluding carboxylic acids is 3. The molecule has 14 nitrogen and oxygen atoms in total. The topological polar surface area (TPSA) is 175 Å². The number of hydrogen-bond acceptors (Lipinski definition) is 12. The van der Waals surface area contributed by atoms with E-state index in [0.717, 1.165) is 38.5 Å². The van der Waals surface area contributed by atoms with E-state index in [1.165, 1.54) is 22.1 Å². The quantitative estimate of drug-likeness (QED) is 0.414. The van der Waals surface area contributed by atoms with Gasteiger partial charge in [-0.05, 0) is 59.4 Å². The Hall–Kier alpha value is -2.42. The Morgan fingerprint density at radius 1 is 0.811 bits per heavy atom. The molecule has 0 radical (unpaired) electrons. The Kier molecular flexibility index (Phi) is 10.2. The van der Waals surface area contributed by atoms with Gasteiger partial charge >= 0.3 is 0 Å². The number of alkyl halides is 4. The number of nitrogens with zero attached hydrogens (tertiary/aromatic N) is 11. The third-order valence-corrected chi connectivity index (χ3v) is 7.43. The van der Waals surface area contributed by atoms with Gasteiger partial charge in [-0.2, -0.15) is 9.91 Å². The standard InChI is InChI=1S/2C6H7ClN4O.C5H6Cl2O.C2H3N3/c7-6(1-2-6)5(12)3-11-4-8-9-10-11;7-6(1-2-6)5(12)3-11-9-4-8-10-11;6-3-4(8)5(7)1-2-5;1-2-4-5-3-1/h2*4H,1-3H2;1-3H2;1H,2H2. The fourth-order valence-corrected chi connectivity index (χ4v) is 3.33. The minimum Gasteiger partial charge on any atom is -0.296 e. The number of aromatic nitrogens is 8. The van der Waals surface area contributed by atoms with Crippen molar-refractivity contribution in [3.8, 4) is 0 Å². The van der Waals surface area contributed by atoms with Crippen molar-refractivity contribution in [1.29, 1.82) is 0 Å². The fourth-order valence-electron chi connectivity index (χ4n) is 2.54. The summed E-state index contributed by atoms with van der Waals surface area (Å²) >= 11 is 22.7. The first-order chi connectivity index (χ1) is 17.6. The lowest BCUT2D eigenvalue weighted by molar-refractivity contribution is -0.121. The fraction of sp³-hybridized carbons (Fsp3) is 0.684. The molecular weight excluding hydrogens is 572 g/mol. The summed E-state index contributed by atoms with van der Waals surface area (Å²) in [6, 6.07) is 0. The van der Waals surface area contributed by atoms with Crippen LogP contribution in [0.3, 0.4) is 0 Å². The first-order valence-corrected chi connectivity index (χ1v) is 12.8.